The van der Waals surface area contributed by atoms with Crippen molar-refractivity contribution in [2.75, 3.05) is 11.9 Å². The monoisotopic (exact) mass is 191 g/mol. The molecule has 0 spiro atoms. The molecule has 0 unspecified atom stereocenters. The summed E-state index contributed by atoms with van der Waals surface area (Å²) in [4.78, 5) is 10.4. The predicted molar refractivity (Wildman–Crippen MR) is 57.3 cm³/mol. The molecule has 3 heteroatoms. The zero-order chi connectivity index (χ0) is 9.80. The Kier molecular flexibility index (Phi) is 2.96. The molecule has 3 nitrogen and oxygen atoms in total. The van der Waals surface area contributed by atoms with Crippen LogP contribution in [0, 0.1) is 0 Å². The highest BCUT2D eigenvalue weighted by molar-refractivity contribution is 5.41. The second kappa shape index (κ2) is 4.40. The number of hydrogen-bond acceptors (Lipinski definition) is 3. The van der Waals surface area contributed by atoms with Gasteiger partial charge in [0.15, 0.2) is 0 Å². The Morgan fingerprint density at radius 3 is 2.43 bits per heavy atom. The highest BCUT2D eigenvalue weighted by Gasteiger charge is 2.18. The van der Waals surface area contributed by atoms with E-state index in [-0.39, 0.29) is 0 Å². The van der Waals surface area contributed by atoms with Crippen molar-refractivity contribution in [1.29, 1.82) is 0 Å². The van der Waals surface area contributed by atoms with Gasteiger partial charge in [-0.2, -0.15) is 0 Å². The molecule has 1 aliphatic rings. The first-order valence-electron chi connectivity index (χ1n) is 5.36. The second-order valence-corrected chi connectivity index (χ2v) is 4.00. The van der Waals surface area contributed by atoms with Crippen LogP contribution in [0.1, 0.15) is 32.1 Å². The Bertz CT molecular complexity index is 267. The largest absolute Gasteiger partial charge is 0.369 e. The Balaban J connectivity index is 2.03. The van der Waals surface area contributed by atoms with E-state index in [4.69, 9.17) is 0 Å². The molecule has 2 rings (SSSR count). The lowest BCUT2D eigenvalue weighted by Crippen LogP contribution is -2.33. The van der Waals surface area contributed by atoms with Crippen LogP contribution in [0.15, 0.2) is 18.7 Å². The molecule has 1 aliphatic carbocycles. The summed E-state index contributed by atoms with van der Waals surface area (Å²) in [7, 11) is 2.15. The van der Waals surface area contributed by atoms with Crippen LogP contribution < -0.4 is 4.90 Å². The normalized spacial score (nSPS) is 18.1. The number of aromatic nitrogens is 2. The van der Waals surface area contributed by atoms with E-state index in [1.54, 1.807) is 6.33 Å². The minimum atomic E-state index is 0.690. The van der Waals surface area contributed by atoms with Gasteiger partial charge in [0.25, 0.3) is 0 Å². The van der Waals surface area contributed by atoms with Gasteiger partial charge in [-0.05, 0) is 12.8 Å². The lowest BCUT2D eigenvalue weighted by molar-refractivity contribution is 0.427. The van der Waals surface area contributed by atoms with Crippen molar-refractivity contribution in [3.05, 3.63) is 18.7 Å². The standard InChI is InChI=1S/C11H17N3/c1-14(10-5-3-2-4-6-10)11-7-12-9-13-8-11/h7-10H,2-6H2,1H3. The van der Waals surface area contributed by atoms with Crippen molar-refractivity contribution >= 4 is 5.69 Å². The fourth-order valence-corrected chi connectivity index (χ4v) is 2.15. The van der Waals surface area contributed by atoms with E-state index in [1.165, 1.54) is 32.1 Å². The molecule has 14 heavy (non-hydrogen) atoms. The third-order valence-electron chi connectivity index (χ3n) is 3.08. The zero-order valence-corrected chi connectivity index (χ0v) is 8.69. The van der Waals surface area contributed by atoms with E-state index >= 15 is 0 Å². The Labute approximate surface area is 85.2 Å². The average molecular weight is 191 g/mol. The van der Waals surface area contributed by atoms with Crippen LogP contribution >= 0.6 is 0 Å². The van der Waals surface area contributed by atoms with E-state index in [1.807, 2.05) is 12.4 Å². The molecule has 0 aliphatic heterocycles. The fraction of sp³-hybridized carbons (Fsp3) is 0.636. The fourth-order valence-electron chi connectivity index (χ4n) is 2.15. The van der Waals surface area contributed by atoms with Crippen LogP contribution in [0.3, 0.4) is 0 Å². The maximum absolute atomic E-state index is 4.05. The van der Waals surface area contributed by atoms with Crippen LogP contribution in [0.5, 0.6) is 0 Å². The summed E-state index contributed by atoms with van der Waals surface area (Å²) in [5.41, 5.74) is 1.14. The van der Waals surface area contributed by atoms with Crippen LogP contribution in [-0.4, -0.2) is 23.1 Å². The minimum absolute atomic E-state index is 0.690. The Hall–Kier alpha value is -1.12. The highest BCUT2D eigenvalue weighted by Crippen LogP contribution is 2.24. The summed E-state index contributed by atoms with van der Waals surface area (Å²) in [5.74, 6) is 0. The van der Waals surface area contributed by atoms with Gasteiger partial charge in [-0.3, -0.25) is 0 Å². The first-order chi connectivity index (χ1) is 6.88. The third-order valence-corrected chi connectivity index (χ3v) is 3.08. The molecule has 0 amide bonds. The lowest BCUT2D eigenvalue weighted by Gasteiger charge is -2.32. The first kappa shape index (κ1) is 9.44. The summed E-state index contributed by atoms with van der Waals surface area (Å²) in [6, 6.07) is 0.690. The van der Waals surface area contributed by atoms with Crippen LogP contribution in [-0.2, 0) is 0 Å². The molecule has 0 atom stereocenters. The van der Waals surface area contributed by atoms with E-state index in [0.29, 0.717) is 6.04 Å². The Morgan fingerprint density at radius 2 is 1.79 bits per heavy atom. The summed E-state index contributed by atoms with van der Waals surface area (Å²) < 4.78 is 0. The topological polar surface area (TPSA) is 29.0 Å². The third kappa shape index (κ3) is 2.03. The van der Waals surface area contributed by atoms with Crippen molar-refractivity contribution in [3.8, 4) is 0 Å². The molecule has 0 N–H and O–H groups in total. The minimum Gasteiger partial charge on any atom is -0.369 e. The van der Waals surface area contributed by atoms with Crippen molar-refractivity contribution < 1.29 is 0 Å². The van der Waals surface area contributed by atoms with Gasteiger partial charge in [0.2, 0.25) is 0 Å². The van der Waals surface area contributed by atoms with Crippen LogP contribution in [0.2, 0.25) is 0 Å². The average Bonchev–Trinajstić information content (AvgIpc) is 2.30. The molecular formula is C11H17N3. The van der Waals surface area contributed by atoms with Crippen molar-refractivity contribution in [1.82, 2.24) is 9.97 Å². The molecule has 0 radical (unpaired) electrons. The van der Waals surface area contributed by atoms with Gasteiger partial charge in [0.05, 0.1) is 18.1 Å². The van der Waals surface area contributed by atoms with Gasteiger partial charge in [0.1, 0.15) is 6.33 Å². The number of nitrogens with zero attached hydrogens (tertiary/aromatic N) is 3. The number of anilines is 1. The van der Waals surface area contributed by atoms with E-state index in [2.05, 4.69) is 21.9 Å². The van der Waals surface area contributed by atoms with Crippen molar-refractivity contribution in [2.24, 2.45) is 0 Å². The van der Waals surface area contributed by atoms with Crippen molar-refractivity contribution in [3.63, 3.8) is 0 Å². The number of hydrogen-bond donors (Lipinski definition) is 0. The van der Waals surface area contributed by atoms with Crippen LogP contribution in [0.25, 0.3) is 0 Å². The summed E-state index contributed by atoms with van der Waals surface area (Å²) in [6.07, 6.45) is 12.1. The van der Waals surface area contributed by atoms with Crippen LogP contribution in [0.4, 0.5) is 5.69 Å². The van der Waals surface area contributed by atoms with Gasteiger partial charge in [0, 0.05) is 13.1 Å². The van der Waals surface area contributed by atoms with E-state index in [9.17, 15) is 0 Å². The molecule has 1 heterocycles. The second-order valence-electron chi connectivity index (χ2n) is 4.00. The molecule has 0 saturated heterocycles. The van der Waals surface area contributed by atoms with Gasteiger partial charge < -0.3 is 4.90 Å². The molecule has 1 fully saturated rings. The summed E-state index contributed by atoms with van der Waals surface area (Å²) in [6.45, 7) is 0. The lowest BCUT2D eigenvalue weighted by atomic mass is 9.94. The zero-order valence-electron chi connectivity index (χ0n) is 8.69. The predicted octanol–water partition coefficient (Wildman–Crippen LogP) is 2.25. The SMILES string of the molecule is CN(c1cncnc1)C1CCCCC1. The van der Waals surface area contributed by atoms with Gasteiger partial charge in [-0.25, -0.2) is 9.97 Å². The maximum atomic E-state index is 4.05. The molecule has 1 saturated carbocycles. The molecule has 1 aromatic rings. The van der Waals surface area contributed by atoms with E-state index in [0.717, 1.165) is 5.69 Å². The Morgan fingerprint density at radius 1 is 1.14 bits per heavy atom. The van der Waals surface area contributed by atoms with Gasteiger partial charge >= 0.3 is 0 Å². The summed E-state index contributed by atoms with van der Waals surface area (Å²) in [5, 5.41) is 0. The molecule has 76 valence electrons. The quantitative estimate of drug-likeness (QED) is 0.718. The maximum Gasteiger partial charge on any atom is 0.115 e. The molecule has 1 aromatic heterocycles. The van der Waals surface area contributed by atoms with Gasteiger partial charge in [-0.15, -0.1) is 0 Å². The highest BCUT2D eigenvalue weighted by atomic mass is 15.1. The molecular weight excluding hydrogens is 174 g/mol. The number of rotatable bonds is 2. The smallest absolute Gasteiger partial charge is 0.115 e. The molecule has 0 aromatic carbocycles. The van der Waals surface area contributed by atoms with Gasteiger partial charge in [-0.1, -0.05) is 19.3 Å². The van der Waals surface area contributed by atoms with Crippen molar-refractivity contribution in [2.45, 2.75) is 38.1 Å². The van der Waals surface area contributed by atoms with E-state index < -0.39 is 0 Å². The first-order valence-corrected chi connectivity index (χ1v) is 5.36. The molecule has 0 bridgehead atoms. The summed E-state index contributed by atoms with van der Waals surface area (Å²) >= 11 is 0.